The summed E-state index contributed by atoms with van der Waals surface area (Å²) in [5.74, 6) is 0. The fourth-order valence-electron chi connectivity index (χ4n) is 1.49. The Morgan fingerprint density at radius 2 is 1.33 bits per heavy atom. The van der Waals surface area contributed by atoms with Crippen molar-refractivity contribution in [3.05, 3.63) is 29.8 Å². The fourth-order valence-corrected chi connectivity index (χ4v) is 3.28. The lowest BCUT2D eigenvalue weighted by molar-refractivity contribution is 0.249. The van der Waals surface area contributed by atoms with Crippen LogP contribution in [0.4, 0.5) is 0 Å². The minimum Gasteiger partial charge on any atom is -0.421 e. The molecule has 0 saturated heterocycles. The van der Waals surface area contributed by atoms with Gasteiger partial charge in [-0.3, -0.25) is 4.55 Å². The highest BCUT2D eigenvalue weighted by molar-refractivity contribution is 7.85. The molecule has 0 spiro atoms. The van der Waals surface area contributed by atoms with Crippen LogP contribution in [0, 0.1) is 0 Å². The summed E-state index contributed by atoms with van der Waals surface area (Å²) in [6, 6.07) is 6.93. The largest absolute Gasteiger partial charge is 0.421 e. The Morgan fingerprint density at radius 3 is 1.62 bits per heavy atom. The molecule has 1 N–H and O–H groups in total. The minimum absolute atomic E-state index is 0.0928. The second-order valence-corrected chi connectivity index (χ2v) is 16.1. The third-order valence-electron chi connectivity index (χ3n) is 3.56. The first-order valence-corrected chi connectivity index (χ1v) is 15.0. The van der Waals surface area contributed by atoms with Crippen molar-refractivity contribution in [3.8, 4) is 0 Å². The van der Waals surface area contributed by atoms with E-state index in [9.17, 15) is 8.42 Å². The molecule has 1 rings (SSSR count). The number of rotatable bonds is 7. The van der Waals surface area contributed by atoms with Crippen LogP contribution in [-0.2, 0) is 29.8 Å². The van der Waals surface area contributed by atoms with Gasteiger partial charge in [0.15, 0.2) is 8.32 Å². The van der Waals surface area contributed by atoms with Crippen LogP contribution < -0.4 is 0 Å². The van der Waals surface area contributed by atoms with E-state index in [1.807, 2.05) is 6.55 Å². The van der Waals surface area contributed by atoms with Crippen LogP contribution in [0.15, 0.2) is 29.2 Å². The average molecular weight is 395 g/mol. The van der Waals surface area contributed by atoms with Gasteiger partial charge in [-0.1, -0.05) is 12.1 Å². The maximum absolute atomic E-state index is 10.9. The van der Waals surface area contributed by atoms with Crippen LogP contribution in [0.25, 0.3) is 0 Å². The maximum Gasteiger partial charge on any atom is 0.334 e. The van der Waals surface area contributed by atoms with E-state index in [1.54, 1.807) is 33.5 Å². The predicted molar refractivity (Wildman–Crippen MR) is 101 cm³/mol. The summed E-state index contributed by atoms with van der Waals surface area (Å²) in [7, 11) is -2.30. The van der Waals surface area contributed by atoms with E-state index in [4.69, 9.17) is 17.8 Å². The molecule has 1 aromatic carbocycles. The molecule has 0 radical (unpaired) electrons. The lowest BCUT2D eigenvalue weighted by Gasteiger charge is -2.22. The van der Waals surface area contributed by atoms with Gasteiger partial charge < -0.3 is 13.3 Å². The topological polar surface area (TPSA) is 82.1 Å². The number of hydrogen-bond donors (Lipinski definition) is 1. The van der Waals surface area contributed by atoms with E-state index in [-0.39, 0.29) is 4.90 Å². The first kappa shape index (κ1) is 23.4. The van der Waals surface area contributed by atoms with Crippen molar-refractivity contribution in [2.45, 2.75) is 43.5 Å². The number of aryl methyl sites for hydroxylation is 1. The normalized spacial score (nSPS) is 12.5. The van der Waals surface area contributed by atoms with Crippen molar-refractivity contribution < 1.29 is 26.2 Å². The fraction of sp³-hybridized carbons (Fsp3) is 0.600. The van der Waals surface area contributed by atoms with E-state index in [1.165, 1.54) is 12.1 Å². The Bertz CT molecular complexity index is 577. The molecule has 0 aliphatic carbocycles. The van der Waals surface area contributed by atoms with E-state index >= 15 is 0 Å². The van der Waals surface area contributed by atoms with Gasteiger partial charge in [-0.25, -0.2) is 0 Å². The van der Waals surface area contributed by atoms with Gasteiger partial charge in [-0.15, -0.1) is 0 Å². The molecule has 6 nitrogen and oxygen atoms in total. The van der Waals surface area contributed by atoms with Gasteiger partial charge in [0.05, 0.1) is 4.90 Å². The predicted octanol–water partition coefficient (Wildman–Crippen LogP) is 3.31. The molecule has 0 amide bonds. The van der Waals surface area contributed by atoms with E-state index < -0.39 is 27.0 Å². The summed E-state index contributed by atoms with van der Waals surface area (Å²) in [6.07, 6.45) is 0.746. The van der Waals surface area contributed by atoms with Gasteiger partial charge in [0.1, 0.15) is 0 Å². The van der Waals surface area contributed by atoms with Crippen molar-refractivity contribution in [2.75, 3.05) is 21.3 Å². The molecule has 140 valence electrons. The Balaban J connectivity index is 0.000000754. The van der Waals surface area contributed by atoms with Crippen LogP contribution in [0.3, 0.4) is 0 Å². The van der Waals surface area contributed by atoms with Gasteiger partial charge >= 0.3 is 8.56 Å². The second-order valence-electron chi connectivity index (χ2n) is 6.48. The summed E-state index contributed by atoms with van der Waals surface area (Å²) in [6.45, 7) is 8.45. The molecule has 9 heteroatoms. The Kier molecular flexibility index (Phi) is 9.58. The van der Waals surface area contributed by atoms with Crippen molar-refractivity contribution in [3.63, 3.8) is 0 Å². The van der Waals surface area contributed by atoms with Gasteiger partial charge in [0.2, 0.25) is 0 Å². The van der Waals surface area contributed by atoms with E-state index in [2.05, 4.69) is 19.6 Å². The van der Waals surface area contributed by atoms with Crippen LogP contribution in [0.1, 0.15) is 5.56 Å². The smallest absolute Gasteiger partial charge is 0.334 e. The molecule has 0 heterocycles. The summed E-state index contributed by atoms with van der Waals surface area (Å²) in [4.78, 5) is -0.0928. The summed E-state index contributed by atoms with van der Waals surface area (Å²) in [5, 5.41) is 0. The van der Waals surface area contributed by atoms with Gasteiger partial charge in [0, 0.05) is 21.3 Å². The Morgan fingerprint density at radius 1 is 0.917 bits per heavy atom. The first-order chi connectivity index (χ1) is 10.9. The highest BCUT2D eigenvalue weighted by atomic mass is 32.2. The SMILES string of the molecule is CO[Si](C)(C)C.CO[Si](C)(CCc1ccc(S(=O)(=O)O)cc1)OC. The Labute approximate surface area is 148 Å². The Hall–Kier alpha value is -0.556. The standard InChI is InChI=1S/C11H18O5SSi.C4H12OSi/c1-15-18(3,16-2)9-8-10-4-6-11(7-5-10)17(12,13)14;1-5-6(2,3)4/h4-7H,8-9H2,1-3H3,(H,12,13,14);1-4H3. The molecule has 0 unspecified atom stereocenters. The number of hydrogen-bond acceptors (Lipinski definition) is 5. The molecule has 0 aliphatic heterocycles. The third kappa shape index (κ3) is 9.67. The monoisotopic (exact) mass is 394 g/mol. The molecule has 0 bridgehead atoms. The maximum atomic E-state index is 10.9. The second kappa shape index (κ2) is 9.80. The molecule has 0 saturated carbocycles. The van der Waals surface area contributed by atoms with Crippen molar-refractivity contribution in [1.82, 2.24) is 0 Å². The lowest BCUT2D eigenvalue weighted by atomic mass is 10.2. The van der Waals surface area contributed by atoms with Crippen LogP contribution in [0.2, 0.25) is 32.2 Å². The quantitative estimate of drug-likeness (QED) is 0.564. The zero-order chi connectivity index (χ0) is 19.0. The van der Waals surface area contributed by atoms with Crippen molar-refractivity contribution in [1.29, 1.82) is 0 Å². The molecular weight excluding hydrogens is 364 g/mol. The van der Waals surface area contributed by atoms with Crippen molar-refractivity contribution in [2.24, 2.45) is 0 Å². The summed E-state index contributed by atoms with van der Waals surface area (Å²) < 4.78 is 46.4. The lowest BCUT2D eigenvalue weighted by Crippen LogP contribution is -2.36. The molecule has 0 aliphatic rings. The van der Waals surface area contributed by atoms with E-state index in [0.29, 0.717) is 0 Å². The highest BCUT2D eigenvalue weighted by Crippen LogP contribution is 2.17. The van der Waals surface area contributed by atoms with Gasteiger partial charge in [0.25, 0.3) is 10.1 Å². The zero-order valence-corrected chi connectivity index (χ0v) is 18.4. The van der Waals surface area contributed by atoms with Crippen molar-refractivity contribution >= 4 is 27.0 Å². The van der Waals surface area contributed by atoms with E-state index in [0.717, 1.165) is 18.0 Å². The zero-order valence-electron chi connectivity index (χ0n) is 15.6. The van der Waals surface area contributed by atoms with Gasteiger partial charge in [-0.2, -0.15) is 8.42 Å². The molecule has 0 aromatic heterocycles. The highest BCUT2D eigenvalue weighted by Gasteiger charge is 2.28. The first-order valence-electron chi connectivity index (χ1n) is 7.59. The van der Waals surface area contributed by atoms with Gasteiger partial charge in [-0.05, 0) is 56.3 Å². The molecule has 24 heavy (non-hydrogen) atoms. The van der Waals surface area contributed by atoms with Crippen LogP contribution in [-0.4, -0.2) is 51.2 Å². The van der Waals surface area contributed by atoms with Crippen LogP contribution >= 0.6 is 0 Å². The molecule has 1 aromatic rings. The summed E-state index contributed by atoms with van der Waals surface area (Å²) in [5.41, 5.74) is 0.982. The average Bonchev–Trinajstić information content (AvgIpc) is 2.52. The molecular formula is C15H30O6SSi2. The minimum atomic E-state index is -4.11. The molecule has 0 atom stereocenters. The number of benzene rings is 1. The summed E-state index contributed by atoms with van der Waals surface area (Å²) >= 11 is 0. The van der Waals surface area contributed by atoms with Crippen LogP contribution in [0.5, 0.6) is 0 Å². The third-order valence-corrected chi connectivity index (χ3v) is 8.54. The molecule has 0 fully saturated rings.